The molecule has 114 valence electrons. The van der Waals surface area contributed by atoms with Gasteiger partial charge in [-0.15, -0.1) is 0 Å². The number of carbonyl (C=O) groups is 1. The van der Waals surface area contributed by atoms with Gasteiger partial charge in [-0.1, -0.05) is 42.5 Å². The number of hydrogen-bond acceptors (Lipinski definition) is 3. The van der Waals surface area contributed by atoms with E-state index in [-0.39, 0.29) is 5.97 Å². The van der Waals surface area contributed by atoms with Crippen molar-refractivity contribution in [3.8, 4) is 0 Å². The van der Waals surface area contributed by atoms with Crippen molar-refractivity contribution in [3.63, 3.8) is 0 Å². The summed E-state index contributed by atoms with van der Waals surface area (Å²) in [5, 5.41) is 3.58. The third-order valence-corrected chi connectivity index (χ3v) is 4.41. The number of hydrogen-bond donors (Lipinski definition) is 1. The van der Waals surface area contributed by atoms with E-state index in [1.54, 1.807) is 0 Å². The van der Waals surface area contributed by atoms with Crippen LogP contribution >= 0.6 is 0 Å². The van der Waals surface area contributed by atoms with Gasteiger partial charge in [0.1, 0.15) is 0 Å². The van der Waals surface area contributed by atoms with E-state index in [1.165, 1.54) is 24.7 Å². The zero-order valence-corrected chi connectivity index (χ0v) is 12.8. The van der Waals surface area contributed by atoms with Crippen molar-refractivity contribution in [2.45, 2.75) is 24.8 Å². The minimum atomic E-state index is -0.287. The Bertz CT molecular complexity index is 622. The van der Waals surface area contributed by atoms with E-state index in [2.05, 4.69) is 35.6 Å². The fraction of sp³-hybridized carbons (Fsp3) is 0.316. The van der Waals surface area contributed by atoms with Crippen molar-refractivity contribution in [1.29, 1.82) is 0 Å². The van der Waals surface area contributed by atoms with Gasteiger partial charge in [0.25, 0.3) is 0 Å². The van der Waals surface area contributed by atoms with Gasteiger partial charge in [0, 0.05) is 6.04 Å². The van der Waals surface area contributed by atoms with Crippen LogP contribution in [-0.2, 0) is 4.74 Å². The lowest BCUT2D eigenvalue weighted by atomic mass is 9.84. The largest absolute Gasteiger partial charge is 0.465 e. The van der Waals surface area contributed by atoms with Crippen LogP contribution in [0.4, 0.5) is 0 Å². The lowest BCUT2D eigenvalue weighted by molar-refractivity contribution is 0.0600. The zero-order chi connectivity index (χ0) is 15.4. The Kier molecular flexibility index (Phi) is 4.54. The van der Waals surface area contributed by atoms with E-state index in [0.717, 1.165) is 13.0 Å². The van der Waals surface area contributed by atoms with Gasteiger partial charge < -0.3 is 10.1 Å². The number of piperidine rings is 1. The van der Waals surface area contributed by atoms with Crippen molar-refractivity contribution in [2.24, 2.45) is 0 Å². The SMILES string of the molecule is COC(=O)c1ccc([C@@H]2C[C@@H](c3ccccc3)CCN2)cc1. The maximum atomic E-state index is 11.5. The molecule has 22 heavy (non-hydrogen) atoms. The molecule has 1 heterocycles. The summed E-state index contributed by atoms with van der Waals surface area (Å²) in [6.45, 7) is 1.02. The van der Waals surface area contributed by atoms with E-state index in [1.807, 2.05) is 24.3 Å². The molecule has 0 unspecified atom stereocenters. The number of benzene rings is 2. The molecule has 0 saturated carbocycles. The second-order valence-corrected chi connectivity index (χ2v) is 5.75. The minimum absolute atomic E-state index is 0.287. The molecule has 0 amide bonds. The summed E-state index contributed by atoms with van der Waals surface area (Å²) in [5.74, 6) is 0.304. The molecule has 3 nitrogen and oxygen atoms in total. The van der Waals surface area contributed by atoms with Gasteiger partial charge in [0.2, 0.25) is 0 Å². The Morgan fingerprint density at radius 1 is 1.05 bits per heavy atom. The lowest BCUT2D eigenvalue weighted by Crippen LogP contribution is -2.30. The Balaban J connectivity index is 1.73. The van der Waals surface area contributed by atoms with Gasteiger partial charge in [0.05, 0.1) is 12.7 Å². The van der Waals surface area contributed by atoms with E-state index < -0.39 is 0 Å². The fourth-order valence-electron chi connectivity index (χ4n) is 3.17. The highest BCUT2D eigenvalue weighted by atomic mass is 16.5. The summed E-state index contributed by atoms with van der Waals surface area (Å²) < 4.78 is 4.74. The Morgan fingerprint density at radius 2 is 1.77 bits per heavy atom. The fourth-order valence-corrected chi connectivity index (χ4v) is 3.17. The first-order valence-electron chi connectivity index (χ1n) is 7.74. The lowest BCUT2D eigenvalue weighted by Gasteiger charge is -2.31. The zero-order valence-electron chi connectivity index (χ0n) is 12.8. The molecule has 1 N–H and O–H groups in total. The first-order chi connectivity index (χ1) is 10.8. The third kappa shape index (κ3) is 3.20. The van der Waals surface area contributed by atoms with Gasteiger partial charge in [0.15, 0.2) is 0 Å². The van der Waals surface area contributed by atoms with Crippen molar-refractivity contribution in [2.75, 3.05) is 13.7 Å². The second-order valence-electron chi connectivity index (χ2n) is 5.75. The summed E-state index contributed by atoms with van der Waals surface area (Å²) in [6, 6.07) is 18.8. The van der Waals surface area contributed by atoms with Crippen molar-refractivity contribution in [3.05, 3.63) is 71.3 Å². The Labute approximate surface area is 131 Å². The van der Waals surface area contributed by atoms with Crippen LogP contribution < -0.4 is 5.32 Å². The van der Waals surface area contributed by atoms with Gasteiger partial charge in [-0.3, -0.25) is 0 Å². The van der Waals surface area contributed by atoms with Crippen LogP contribution in [0.25, 0.3) is 0 Å². The molecule has 1 fully saturated rings. The monoisotopic (exact) mass is 295 g/mol. The van der Waals surface area contributed by atoms with Gasteiger partial charge >= 0.3 is 5.97 Å². The first-order valence-corrected chi connectivity index (χ1v) is 7.74. The van der Waals surface area contributed by atoms with Crippen molar-refractivity contribution < 1.29 is 9.53 Å². The molecule has 0 spiro atoms. The van der Waals surface area contributed by atoms with Crippen LogP contribution in [0, 0.1) is 0 Å². The number of nitrogens with one attached hydrogen (secondary N) is 1. The molecule has 2 aromatic rings. The minimum Gasteiger partial charge on any atom is -0.465 e. The standard InChI is InChI=1S/C19H21NO2/c1-22-19(21)16-9-7-15(8-10-16)18-13-17(11-12-20-18)14-5-3-2-4-6-14/h2-10,17-18,20H,11-13H2,1H3/t17-,18-/m0/s1. The summed E-state index contributed by atoms with van der Waals surface area (Å²) in [7, 11) is 1.41. The number of carbonyl (C=O) groups excluding carboxylic acids is 1. The Morgan fingerprint density at radius 3 is 2.45 bits per heavy atom. The molecule has 0 bridgehead atoms. The second kappa shape index (κ2) is 6.75. The molecule has 0 aliphatic carbocycles. The molecule has 0 aromatic heterocycles. The van der Waals surface area contributed by atoms with Crippen LogP contribution in [0.5, 0.6) is 0 Å². The molecule has 1 saturated heterocycles. The smallest absolute Gasteiger partial charge is 0.337 e. The van der Waals surface area contributed by atoms with E-state index in [4.69, 9.17) is 4.74 Å². The van der Waals surface area contributed by atoms with E-state index >= 15 is 0 Å². The maximum Gasteiger partial charge on any atom is 0.337 e. The Hall–Kier alpha value is -2.13. The molecule has 1 aliphatic rings. The first kappa shape index (κ1) is 14.8. The van der Waals surface area contributed by atoms with Crippen LogP contribution in [-0.4, -0.2) is 19.6 Å². The van der Waals surface area contributed by atoms with Gasteiger partial charge in [-0.05, 0) is 48.6 Å². The average molecular weight is 295 g/mol. The molecule has 3 heteroatoms. The predicted molar refractivity (Wildman–Crippen MR) is 86.9 cm³/mol. The molecular weight excluding hydrogens is 274 g/mol. The summed E-state index contributed by atoms with van der Waals surface area (Å²) in [5.41, 5.74) is 3.25. The van der Waals surface area contributed by atoms with Crippen molar-refractivity contribution >= 4 is 5.97 Å². The van der Waals surface area contributed by atoms with Gasteiger partial charge in [-0.25, -0.2) is 4.79 Å². The van der Waals surface area contributed by atoms with Crippen molar-refractivity contribution in [1.82, 2.24) is 5.32 Å². The predicted octanol–water partition coefficient (Wildman–Crippen LogP) is 3.68. The summed E-state index contributed by atoms with van der Waals surface area (Å²) in [4.78, 5) is 11.5. The number of rotatable bonds is 3. The topological polar surface area (TPSA) is 38.3 Å². The summed E-state index contributed by atoms with van der Waals surface area (Å²) in [6.07, 6.45) is 2.25. The molecule has 2 atom stereocenters. The quantitative estimate of drug-likeness (QED) is 0.878. The van der Waals surface area contributed by atoms with Crippen LogP contribution in [0.1, 0.15) is 46.3 Å². The maximum absolute atomic E-state index is 11.5. The number of ether oxygens (including phenoxy) is 1. The molecule has 3 rings (SSSR count). The highest BCUT2D eigenvalue weighted by Gasteiger charge is 2.23. The summed E-state index contributed by atoms with van der Waals surface area (Å²) >= 11 is 0. The third-order valence-electron chi connectivity index (χ3n) is 4.41. The highest BCUT2D eigenvalue weighted by molar-refractivity contribution is 5.89. The van der Waals surface area contributed by atoms with E-state index in [9.17, 15) is 4.79 Å². The van der Waals surface area contributed by atoms with Crippen LogP contribution in [0.3, 0.4) is 0 Å². The van der Waals surface area contributed by atoms with Gasteiger partial charge in [-0.2, -0.15) is 0 Å². The number of esters is 1. The molecule has 1 aliphatic heterocycles. The normalized spacial score (nSPS) is 21.3. The molecule has 0 radical (unpaired) electrons. The molecule has 2 aromatic carbocycles. The average Bonchev–Trinajstić information content (AvgIpc) is 2.62. The van der Waals surface area contributed by atoms with E-state index in [0.29, 0.717) is 17.5 Å². The molecular formula is C19H21NO2. The van der Waals surface area contributed by atoms with Crippen LogP contribution in [0.15, 0.2) is 54.6 Å². The number of methoxy groups -OCH3 is 1. The van der Waals surface area contributed by atoms with Crippen LogP contribution in [0.2, 0.25) is 0 Å². The highest BCUT2D eigenvalue weighted by Crippen LogP contribution is 2.34.